The third kappa shape index (κ3) is 2.38. The van der Waals surface area contributed by atoms with E-state index in [2.05, 4.69) is 10.1 Å². The smallest absolute Gasteiger partial charge is 0.334 e. The van der Waals surface area contributed by atoms with Crippen molar-refractivity contribution in [2.45, 2.75) is 58.0 Å². The first-order valence-corrected chi connectivity index (χ1v) is 7.50. The largest absolute Gasteiger partial charge is 0.337 e. The lowest BCUT2D eigenvalue weighted by Crippen LogP contribution is -2.39. The molecule has 22 heavy (non-hydrogen) atoms. The Kier molecular flexibility index (Phi) is 3.67. The molecule has 1 aliphatic carbocycles. The standard InChI is InChI=1S/C14H18N4O4/c1-8(2)11-15-10(22-16-11)7-17-12(19)13(20)18(14(17)21)9-5-3-4-6-9/h8-9H,3-7H2,1-2H3. The number of urea groups is 1. The van der Waals surface area contributed by atoms with Gasteiger partial charge in [0, 0.05) is 12.0 Å². The molecule has 1 aromatic heterocycles. The summed E-state index contributed by atoms with van der Waals surface area (Å²) in [7, 11) is 0. The summed E-state index contributed by atoms with van der Waals surface area (Å²) >= 11 is 0. The van der Waals surface area contributed by atoms with E-state index in [4.69, 9.17) is 4.52 Å². The molecule has 3 rings (SSSR count). The highest BCUT2D eigenvalue weighted by atomic mass is 16.5. The van der Waals surface area contributed by atoms with Crippen molar-refractivity contribution in [2.24, 2.45) is 0 Å². The molecule has 2 aliphatic rings. The highest BCUT2D eigenvalue weighted by molar-refractivity contribution is 6.44. The van der Waals surface area contributed by atoms with E-state index in [0.29, 0.717) is 5.82 Å². The maximum Gasteiger partial charge on any atom is 0.334 e. The van der Waals surface area contributed by atoms with Crippen LogP contribution in [0.1, 0.15) is 57.2 Å². The van der Waals surface area contributed by atoms with Crippen molar-refractivity contribution < 1.29 is 18.9 Å². The first-order chi connectivity index (χ1) is 10.5. The van der Waals surface area contributed by atoms with Crippen LogP contribution >= 0.6 is 0 Å². The molecule has 0 spiro atoms. The van der Waals surface area contributed by atoms with Gasteiger partial charge in [0.05, 0.1) is 0 Å². The molecule has 0 atom stereocenters. The number of rotatable bonds is 4. The van der Waals surface area contributed by atoms with Crippen LogP contribution in [0.5, 0.6) is 0 Å². The monoisotopic (exact) mass is 306 g/mol. The normalized spacial score (nSPS) is 20.0. The fraction of sp³-hybridized carbons (Fsp3) is 0.643. The van der Waals surface area contributed by atoms with Crippen LogP contribution in [0, 0.1) is 0 Å². The molecule has 4 amide bonds. The van der Waals surface area contributed by atoms with Crippen LogP contribution in [0.15, 0.2) is 4.52 Å². The minimum absolute atomic E-state index is 0.0825. The zero-order valence-electron chi connectivity index (χ0n) is 12.6. The number of imide groups is 2. The van der Waals surface area contributed by atoms with Crippen LogP contribution in [-0.4, -0.2) is 43.8 Å². The zero-order valence-corrected chi connectivity index (χ0v) is 12.6. The molecule has 1 saturated heterocycles. The Hall–Kier alpha value is -2.25. The Bertz CT molecular complexity index is 618. The van der Waals surface area contributed by atoms with Gasteiger partial charge < -0.3 is 4.52 Å². The van der Waals surface area contributed by atoms with Crippen LogP contribution in [-0.2, 0) is 16.1 Å². The van der Waals surface area contributed by atoms with Gasteiger partial charge in [-0.15, -0.1) is 0 Å². The molecule has 0 unspecified atom stereocenters. The molecule has 0 N–H and O–H groups in total. The number of aromatic nitrogens is 2. The van der Waals surface area contributed by atoms with Crippen molar-refractivity contribution in [3.63, 3.8) is 0 Å². The molecule has 8 heteroatoms. The van der Waals surface area contributed by atoms with Crippen LogP contribution in [0.25, 0.3) is 0 Å². The molecular weight excluding hydrogens is 288 g/mol. The van der Waals surface area contributed by atoms with E-state index >= 15 is 0 Å². The average Bonchev–Trinajstić information content (AvgIpc) is 3.18. The van der Waals surface area contributed by atoms with Gasteiger partial charge >= 0.3 is 17.8 Å². The number of hydrogen-bond donors (Lipinski definition) is 0. The minimum Gasteiger partial charge on any atom is -0.337 e. The molecule has 118 valence electrons. The molecule has 0 radical (unpaired) electrons. The summed E-state index contributed by atoms with van der Waals surface area (Å²) in [5.74, 6) is -0.819. The van der Waals surface area contributed by atoms with Crippen molar-refractivity contribution in [2.75, 3.05) is 0 Å². The molecule has 2 heterocycles. The second-order valence-electron chi connectivity index (χ2n) is 5.99. The lowest BCUT2D eigenvalue weighted by atomic mass is 10.2. The summed E-state index contributed by atoms with van der Waals surface area (Å²) < 4.78 is 5.04. The molecule has 1 aliphatic heterocycles. The summed E-state index contributed by atoms with van der Waals surface area (Å²) in [6.45, 7) is 3.66. The maximum atomic E-state index is 12.4. The topological polar surface area (TPSA) is 96.6 Å². The van der Waals surface area contributed by atoms with Gasteiger partial charge in [-0.2, -0.15) is 4.98 Å². The number of amides is 4. The Morgan fingerprint density at radius 3 is 2.45 bits per heavy atom. The molecular formula is C14H18N4O4. The lowest BCUT2D eigenvalue weighted by Gasteiger charge is -2.20. The zero-order chi connectivity index (χ0) is 15.9. The Labute approximate surface area is 127 Å². The van der Waals surface area contributed by atoms with Gasteiger partial charge in [0.1, 0.15) is 6.54 Å². The van der Waals surface area contributed by atoms with Gasteiger partial charge in [-0.1, -0.05) is 31.8 Å². The summed E-state index contributed by atoms with van der Waals surface area (Å²) in [5.41, 5.74) is 0. The predicted molar refractivity (Wildman–Crippen MR) is 73.4 cm³/mol. The van der Waals surface area contributed by atoms with Gasteiger partial charge in [0.25, 0.3) is 0 Å². The first kappa shape index (κ1) is 14.7. The number of carbonyl (C=O) groups excluding carboxylic acids is 3. The van der Waals surface area contributed by atoms with E-state index in [0.717, 1.165) is 35.5 Å². The van der Waals surface area contributed by atoms with E-state index in [9.17, 15) is 14.4 Å². The van der Waals surface area contributed by atoms with Crippen LogP contribution in [0.2, 0.25) is 0 Å². The second kappa shape index (κ2) is 5.51. The molecule has 1 aromatic rings. The highest BCUT2D eigenvalue weighted by Crippen LogP contribution is 2.28. The lowest BCUT2D eigenvalue weighted by molar-refractivity contribution is -0.144. The van der Waals surface area contributed by atoms with Crippen molar-refractivity contribution in [1.82, 2.24) is 19.9 Å². The first-order valence-electron chi connectivity index (χ1n) is 7.50. The second-order valence-corrected chi connectivity index (χ2v) is 5.99. The van der Waals surface area contributed by atoms with Crippen molar-refractivity contribution in [1.29, 1.82) is 0 Å². The number of nitrogens with zero attached hydrogens (tertiary/aromatic N) is 4. The average molecular weight is 306 g/mol. The van der Waals surface area contributed by atoms with E-state index in [-0.39, 0.29) is 24.4 Å². The Morgan fingerprint density at radius 2 is 1.86 bits per heavy atom. The van der Waals surface area contributed by atoms with Crippen molar-refractivity contribution in [3.8, 4) is 0 Å². The van der Waals surface area contributed by atoms with Gasteiger partial charge in [-0.25, -0.2) is 9.69 Å². The van der Waals surface area contributed by atoms with Crippen LogP contribution in [0.4, 0.5) is 4.79 Å². The van der Waals surface area contributed by atoms with Crippen molar-refractivity contribution >= 4 is 17.8 Å². The van der Waals surface area contributed by atoms with E-state index in [1.807, 2.05) is 13.8 Å². The molecule has 0 bridgehead atoms. The fourth-order valence-electron chi connectivity index (χ4n) is 2.85. The molecule has 0 aromatic carbocycles. The molecule has 2 fully saturated rings. The van der Waals surface area contributed by atoms with Gasteiger partial charge in [0.2, 0.25) is 5.89 Å². The third-order valence-corrected chi connectivity index (χ3v) is 4.07. The van der Waals surface area contributed by atoms with Crippen LogP contribution < -0.4 is 0 Å². The molecule has 8 nitrogen and oxygen atoms in total. The highest BCUT2D eigenvalue weighted by Gasteiger charge is 2.48. The SMILES string of the molecule is CC(C)c1noc(CN2C(=O)C(=O)N(C3CCCC3)C2=O)n1. The maximum absolute atomic E-state index is 12.4. The summed E-state index contributed by atoms with van der Waals surface area (Å²) in [5, 5.41) is 3.79. The predicted octanol–water partition coefficient (Wildman–Crippen LogP) is 1.43. The Balaban J connectivity index is 1.77. The van der Waals surface area contributed by atoms with E-state index in [1.165, 1.54) is 0 Å². The fourth-order valence-corrected chi connectivity index (χ4v) is 2.85. The van der Waals surface area contributed by atoms with E-state index in [1.54, 1.807) is 0 Å². The van der Waals surface area contributed by atoms with Gasteiger partial charge in [-0.05, 0) is 12.8 Å². The van der Waals surface area contributed by atoms with Gasteiger partial charge in [0.15, 0.2) is 5.82 Å². The van der Waals surface area contributed by atoms with Crippen molar-refractivity contribution in [3.05, 3.63) is 11.7 Å². The van der Waals surface area contributed by atoms with E-state index < -0.39 is 17.8 Å². The number of carbonyl (C=O) groups is 3. The summed E-state index contributed by atoms with van der Waals surface area (Å²) in [4.78, 5) is 42.6. The van der Waals surface area contributed by atoms with Gasteiger partial charge in [-0.3, -0.25) is 14.5 Å². The minimum atomic E-state index is -0.818. The summed E-state index contributed by atoms with van der Waals surface area (Å²) in [6, 6.07) is -0.742. The summed E-state index contributed by atoms with van der Waals surface area (Å²) in [6.07, 6.45) is 3.46. The Morgan fingerprint density at radius 1 is 1.18 bits per heavy atom. The quantitative estimate of drug-likeness (QED) is 0.616. The molecule has 1 saturated carbocycles. The van der Waals surface area contributed by atoms with Crippen LogP contribution in [0.3, 0.4) is 0 Å². The third-order valence-electron chi connectivity index (χ3n) is 4.07. The number of hydrogen-bond acceptors (Lipinski definition) is 6.